The number of nitrogens with one attached hydrogen (secondary N) is 1. The van der Waals surface area contributed by atoms with Gasteiger partial charge in [0.25, 0.3) is 5.91 Å². The normalized spacial score (nSPS) is 23.1. The van der Waals surface area contributed by atoms with Crippen molar-refractivity contribution >= 4 is 17.2 Å². The van der Waals surface area contributed by atoms with Gasteiger partial charge >= 0.3 is 0 Å². The molecule has 21 heavy (non-hydrogen) atoms. The molecule has 6 heteroatoms. The number of hydrogen-bond donors (Lipinski definition) is 1. The largest absolute Gasteiger partial charge is 0.348 e. The third-order valence-corrected chi connectivity index (χ3v) is 5.77. The molecule has 0 radical (unpaired) electrons. The fourth-order valence-corrected chi connectivity index (χ4v) is 4.35. The van der Waals surface area contributed by atoms with Crippen molar-refractivity contribution in [3.8, 4) is 5.69 Å². The number of hydrogen-bond acceptors (Lipinski definition) is 4. The Hall–Kier alpha value is -1.69. The summed E-state index contributed by atoms with van der Waals surface area (Å²) in [5.74, 6) is 0.0305. The molecule has 1 N–H and O–H groups in total. The molecule has 4 rings (SSSR count). The van der Waals surface area contributed by atoms with Crippen molar-refractivity contribution in [2.75, 3.05) is 0 Å². The molecule has 1 atom stereocenters. The first-order valence-corrected chi connectivity index (χ1v) is 8.42. The maximum atomic E-state index is 12.5. The van der Waals surface area contributed by atoms with Crippen LogP contribution >= 0.6 is 11.3 Å². The number of rotatable bonds is 3. The molecule has 0 aromatic carbocycles. The van der Waals surface area contributed by atoms with Gasteiger partial charge in [-0.15, -0.1) is 16.4 Å². The second-order valence-electron chi connectivity index (χ2n) is 6.14. The van der Waals surface area contributed by atoms with Gasteiger partial charge in [-0.05, 0) is 36.1 Å². The number of carbonyl (C=O) groups excluding carboxylic acids is 1. The molecule has 110 valence electrons. The standard InChI is InChI=1S/C15H18N4OS/c20-14(17-12-10-15(12)5-2-1-3-6-15)13-11(4-9-21-13)19-8-7-16-18-19/h4,7-9,12H,1-3,5-6,10H2,(H,17,20). The number of carbonyl (C=O) groups is 1. The fraction of sp³-hybridized carbons (Fsp3) is 0.533. The predicted octanol–water partition coefficient (Wildman–Crippen LogP) is 2.78. The Bertz CT molecular complexity index is 642. The van der Waals surface area contributed by atoms with Gasteiger partial charge in [0.1, 0.15) is 4.88 Å². The average Bonchev–Trinajstić information content (AvgIpc) is 2.99. The van der Waals surface area contributed by atoms with Crippen LogP contribution in [-0.4, -0.2) is 26.9 Å². The van der Waals surface area contributed by atoms with Gasteiger partial charge in [-0.3, -0.25) is 4.79 Å². The van der Waals surface area contributed by atoms with Gasteiger partial charge in [0.15, 0.2) is 0 Å². The summed E-state index contributed by atoms with van der Waals surface area (Å²) in [5.41, 5.74) is 1.23. The Morgan fingerprint density at radius 1 is 1.38 bits per heavy atom. The maximum Gasteiger partial charge on any atom is 0.263 e. The molecular formula is C15H18N4OS. The molecule has 2 heterocycles. The highest BCUT2D eigenvalue weighted by Gasteiger charge is 2.54. The summed E-state index contributed by atoms with van der Waals surface area (Å²) < 4.78 is 1.65. The molecule has 0 aliphatic heterocycles. The molecule has 2 fully saturated rings. The van der Waals surface area contributed by atoms with Crippen molar-refractivity contribution in [1.82, 2.24) is 20.3 Å². The zero-order valence-corrected chi connectivity index (χ0v) is 12.6. The summed E-state index contributed by atoms with van der Waals surface area (Å²) in [6.07, 6.45) is 11.1. The van der Waals surface area contributed by atoms with Crippen LogP contribution in [0.5, 0.6) is 0 Å². The van der Waals surface area contributed by atoms with E-state index < -0.39 is 0 Å². The van der Waals surface area contributed by atoms with Crippen LogP contribution < -0.4 is 5.32 Å². The molecule has 2 aromatic rings. The highest BCUT2D eigenvalue weighted by Crippen LogP contribution is 2.56. The molecule has 1 spiro atoms. The lowest BCUT2D eigenvalue weighted by Gasteiger charge is -2.22. The van der Waals surface area contributed by atoms with E-state index in [0.717, 1.165) is 17.0 Å². The predicted molar refractivity (Wildman–Crippen MR) is 80.6 cm³/mol. The molecule has 5 nitrogen and oxygen atoms in total. The van der Waals surface area contributed by atoms with Gasteiger partial charge in [-0.2, -0.15) is 0 Å². The molecule has 2 saturated carbocycles. The third-order valence-electron chi connectivity index (χ3n) is 4.86. The van der Waals surface area contributed by atoms with E-state index in [9.17, 15) is 4.79 Å². The number of thiophene rings is 1. The van der Waals surface area contributed by atoms with Crippen molar-refractivity contribution in [3.05, 3.63) is 28.7 Å². The molecule has 2 aliphatic carbocycles. The van der Waals surface area contributed by atoms with Gasteiger partial charge in [-0.25, -0.2) is 4.68 Å². The highest BCUT2D eigenvalue weighted by molar-refractivity contribution is 7.12. The van der Waals surface area contributed by atoms with Gasteiger partial charge in [0, 0.05) is 6.04 Å². The van der Waals surface area contributed by atoms with E-state index in [1.165, 1.54) is 43.4 Å². The Kier molecular flexibility index (Phi) is 3.06. The molecule has 0 saturated heterocycles. The minimum absolute atomic E-state index is 0.0305. The second kappa shape index (κ2) is 4.94. The lowest BCUT2D eigenvalue weighted by molar-refractivity contribution is 0.0946. The van der Waals surface area contributed by atoms with Crippen molar-refractivity contribution in [3.63, 3.8) is 0 Å². The molecule has 0 bridgehead atoms. The fourth-order valence-electron chi connectivity index (χ4n) is 3.57. The number of nitrogens with zero attached hydrogens (tertiary/aromatic N) is 3. The lowest BCUT2D eigenvalue weighted by Crippen LogP contribution is -2.30. The summed E-state index contributed by atoms with van der Waals surface area (Å²) in [7, 11) is 0. The van der Waals surface area contributed by atoms with Crippen LogP contribution in [0.2, 0.25) is 0 Å². The summed E-state index contributed by atoms with van der Waals surface area (Å²) in [6, 6.07) is 2.29. The van der Waals surface area contributed by atoms with E-state index in [-0.39, 0.29) is 5.91 Å². The Labute approximate surface area is 127 Å². The smallest absolute Gasteiger partial charge is 0.263 e. The van der Waals surface area contributed by atoms with Crippen LogP contribution in [0.3, 0.4) is 0 Å². The molecular weight excluding hydrogens is 284 g/mol. The molecule has 2 aromatic heterocycles. The van der Waals surface area contributed by atoms with Crippen molar-refractivity contribution in [2.24, 2.45) is 5.41 Å². The number of amides is 1. The number of aromatic nitrogens is 3. The first-order valence-electron chi connectivity index (χ1n) is 7.54. The third kappa shape index (κ3) is 2.27. The summed E-state index contributed by atoms with van der Waals surface area (Å²) >= 11 is 1.46. The van der Waals surface area contributed by atoms with Crippen LogP contribution in [0.25, 0.3) is 5.69 Å². The van der Waals surface area contributed by atoms with Gasteiger partial charge in [0.2, 0.25) is 0 Å². The Morgan fingerprint density at radius 3 is 3.00 bits per heavy atom. The van der Waals surface area contributed by atoms with E-state index >= 15 is 0 Å². The van der Waals surface area contributed by atoms with Crippen molar-refractivity contribution in [2.45, 2.75) is 44.6 Å². The van der Waals surface area contributed by atoms with E-state index in [4.69, 9.17) is 0 Å². The summed E-state index contributed by atoms with van der Waals surface area (Å²) in [4.78, 5) is 13.3. The van der Waals surface area contributed by atoms with E-state index in [0.29, 0.717) is 11.5 Å². The molecule has 1 amide bonds. The zero-order chi connectivity index (χ0) is 14.3. The minimum Gasteiger partial charge on any atom is -0.348 e. The van der Waals surface area contributed by atoms with Gasteiger partial charge in [0.05, 0.1) is 18.1 Å². The van der Waals surface area contributed by atoms with Crippen molar-refractivity contribution < 1.29 is 4.79 Å². The van der Waals surface area contributed by atoms with E-state index in [1.54, 1.807) is 17.1 Å². The van der Waals surface area contributed by atoms with E-state index in [2.05, 4.69) is 15.6 Å². The van der Waals surface area contributed by atoms with Gasteiger partial charge in [-0.1, -0.05) is 24.5 Å². The lowest BCUT2D eigenvalue weighted by atomic mass is 9.86. The average molecular weight is 302 g/mol. The summed E-state index contributed by atoms with van der Waals surface area (Å²) in [6.45, 7) is 0. The van der Waals surface area contributed by atoms with Crippen molar-refractivity contribution in [1.29, 1.82) is 0 Å². The second-order valence-corrected chi connectivity index (χ2v) is 7.05. The topological polar surface area (TPSA) is 59.8 Å². The van der Waals surface area contributed by atoms with Crippen LogP contribution in [0.1, 0.15) is 48.2 Å². The van der Waals surface area contributed by atoms with Gasteiger partial charge < -0.3 is 5.32 Å². The maximum absolute atomic E-state index is 12.5. The zero-order valence-electron chi connectivity index (χ0n) is 11.8. The minimum atomic E-state index is 0.0305. The SMILES string of the molecule is O=C(NC1CC12CCCCC2)c1sccc1-n1ccnn1. The quantitative estimate of drug-likeness (QED) is 0.948. The summed E-state index contributed by atoms with van der Waals surface area (Å²) in [5, 5.41) is 12.9. The first kappa shape index (κ1) is 13.0. The highest BCUT2D eigenvalue weighted by atomic mass is 32.1. The Balaban J connectivity index is 1.48. The van der Waals surface area contributed by atoms with Crippen LogP contribution in [0.15, 0.2) is 23.8 Å². The van der Waals surface area contributed by atoms with E-state index in [1.807, 2.05) is 11.4 Å². The van der Waals surface area contributed by atoms with Crippen LogP contribution in [-0.2, 0) is 0 Å². The first-order chi connectivity index (χ1) is 10.3. The molecule has 1 unspecified atom stereocenters. The molecule has 2 aliphatic rings. The Morgan fingerprint density at radius 2 is 2.24 bits per heavy atom. The van der Waals surface area contributed by atoms with Crippen LogP contribution in [0, 0.1) is 5.41 Å². The monoisotopic (exact) mass is 302 g/mol. The van der Waals surface area contributed by atoms with Crippen LogP contribution in [0.4, 0.5) is 0 Å².